The summed E-state index contributed by atoms with van der Waals surface area (Å²) in [5.41, 5.74) is 5.50. The normalized spacial score (nSPS) is 10.1. The van der Waals surface area contributed by atoms with E-state index >= 15 is 0 Å². The molecule has 0 atom stereocenters. The molecule has 0 N–H and O–H groups in total. The van der Waals surface area contributed by atoms with Crippen molar-refractivity contribution in [1.82, 2.24) is 0 Å². The number of rotatable bonds is 2. The van der Waals surface area contributed by atoms with Crippen molar-refractivity contribution in [3.8, 4) is 11.1 Å². The van der Waals surface area contributed by atoms with Crippen molar-refractivity contribution in [3.63, 3.8) is 0 Å². The summed E-state index contributed by atoms with van der Waals surface area (Å²) in [6.07, 6.45) is 0.882. The Hall–Kier alpha value is -1.89. The Labute approximate surface area is 95.7 Å². The van der Waals surface area contributed by atoms with E-state index in [1.54, 1.807) is 0 Å². The Kier molecular flexibility index (Phi) is 2.86. The van der Waals surface area contributed by atoms with E-state index in [9.17, 15) is 4.79 Å². The number of aryl methyl sites for hydroxylation is 2. The molecule has 0 bridgehead atoms. The molecule has 0 heterocycles. The SMILES string of the molecule is Cc1ccc(-c2cccc(C=O)c2)c(C)c1. The highest BCUT2D eigenvalue weighted by Crippen LogP contribution is 2.24. The van der Waals surface area contributed by atoms with Crippen LogP contribution in [0.1, 0.15) is 21.5 Å². The molecular formula is C15H14O. The Balaban J connectivity index is 2.53. The van der Waals surface area contributed by atoms with E-state index in [2.05, 4.69) is 32.0 Å². The lowest BCUT2D eigenvalue weighted by molar-refractivity contribution is 0.112. The number of aldehydes is 1. The maximum absolute atomic E-state index is 10.7. The van der Waals surface area contributed by atoms with Gasteiger partial charge in [0.05, 0.1) is 0 Å². The van der Waals surface area contributed by atoms with E-state index < -0.39 is 0 Å². The molecule has 80 valence electrons. The monoisotopic (exact) mass is 210 g/mol. The second kappa shape index (κ2) is 4.31. The van der Waals surface area contributed by atoms with Crippen LogP contribution in [0.2, 0.25) is 0 Å². The largest absolute Gasteiger partial charge is 0.298 e. The fourth-order valence-corrected chi connectivity index (χ4v) is 1.92. The van der Waals surface area contributed by atoms with Crippen LogP contribution in [0, 0.1) is 13.8 Å². The minimum absolute atomic E-state index is 0.720. The van der Waals surface area contributed by atoms with E-state index in [-0.39, 0.29) is 0 Å². The van der Waals surface area contributed by atoms with Crippen LogP contribution in [0.25, 0.3) is 11.1 Å². The van der Waals surface area contributed by atoms with Gasteiger partial charge in [-0.05, 0) is 36.6 Å². The first-order valence-electron chi connectivity index (χ1n) is 5.33. The number of hydrogen-bond donors (Lipinski definition) is 0. The lowest BCUT2D eigenvalue weighted by atomic mass is 9.98. The van der Waals surface area contributed by atoms with Crippen molar-refractivity contribution in [3.05, 3.63) is 59.2 Å². The van der Waals surface area contributed by atoms with E-state index in [1.807, 2.05) is 24.3 Å². The summed E-state index contributed by atoms with van der Waals surface area (Å²) in [5.74, 6) is 0. The van der Waals surface area contributed by atoms with Gasteiger partial charge >= 0.3 is 0 Å². The predicted molar refractivity (Wildman–Crippen MR) is 66.7 cm³/mol. The van der Waals surface area contributed by atoms with Crippen LogP contribution in [0.3, 0.4) is 0 Å². The molecule has 2 aromatic carbocycles. The second-order valence-electron chi connectivity index (χ2n) is 4.06. The number of hydrogen-bond acceptors (Lipinski definition) is 1. The number of carbonyl (C=O) groups excluding carboxylic acids is 1. The minimum atomic E-state index is 0.720. The topological polar surface area (TPSA) is 17.1 Å². The highest BCUT2D eigenvalue weighted by Gasteiger charge is 2.02. The molecule has 0 aliphatic carbocycles. The average molecular weight is 210 g/mol. The Morgan fingerprint density at radius 1 is 1.00 bits per heavy atom. The fourth-order valence-electron chi connectivity index (χ4n) is 1.92. The van der Waals surface area contributed by atoms with Crippen LogP contribution in [0.15, 0.2) is 42.5 Å². The van der Waals surface area contributed by atoms with Gasteiger partial charge in [0, 0.05) is 5.56 Å². The Morgan fingerprint density at radius 2 is 1.81 bits per heavy atom. The first-order valence-corrected chi connectivity index (χ1v) is 5.33. The molecule has 1 heteroatoms. The third-order valence-electron chi connectivity index (χ3n) is 2.72. The highest BCUT2D eigenvalue weighted by molar-refractivity contribution is 5.79. The molecule has 2 rings (SSSR count). The molecule has 0 aromatic heterocycles. The molecule has 16 heavy (non-hydrogen) atoms. The Morgan fingerprint density at radius 3 is 2.50 bits per heavy atom. The number of benzene rings is 2. The van der Waals surface area contributed by atoms with E-state index in [0.717, 1.165) is 17.4 Å². The van der Waals surface area contributed by atoms with Gasteiger partial charge in [0.15, 0.2) is 0 Å². The molecular weight excluding hydrogens is 196 g/mol. The summed E-state index contributed by atoms with van der Waals surface area (Å²) in [6.45, 7) is 4.18. The molecule has 0 unspecified atom stereocenters. The van der Waals surface area contributed by atoms with Crippen LogP contribution in [-0.2, 0) is 0 Å². The van der Waals surface area contributed by atoms with Gasteiger partial charge < -0.3 is 0 Å². The Bertz CT molecular complexity index is 527. The standard InChI is InChI=1S/C15H14O/c1-11-6-7-15(12(2)8-11)14-5-3-4-13(9-14)10-16/h3-10H,1-2H3. The predicted octanol–water partition coefficient (Wildman–Crippen LogP) is 3.78. The molecule has 1 nitrogen and oxygen atoms in total. The van der Waals surface area contributed by atoms with Gasteiger partial charge in [-0.1, -0.05) is 42.0 Å². The summed E-state index contributed by atoms with van der Waals surface area (Å²) in [6, 6.07) is 14.0. The van der Waals surface area contributed by atoms with Crippen molar-refractivity contribution in [2.24, 2.45) is 0 Å². The van der Waals surface area contributed by atoms with Crippen molar-refractivity contribution < 1.29 is 4.79 Å². The molecule has 0 aliphatic heterocycles. The molecule has 0 radical (unpaired) electrons. The average Bonchev–Trinajstić information content (AvgIpc) is 2.29. The summed E-state index contributed by atoms with van der Waals surface area (Å²) in [5, 5.41) is 0. The van der Waals surface area contributed by atoms with Gasteiger partial charge in [-0.15, -0.1) is 0 Å². The van der Waals surface area contributed by atoms with E-state index in [4.69, 9.17) is 0 Å². The van der Waals surface area contributed by atoms with Gasteiger partial charge in [-0.25, -0.2) is 0 Å². The maximum Gasteiger partial charge on any atom is 0.150 e. The lowest BCUT2D eigenvalue weighted by Crippen LogP contribution is -1.86. The third-order valence-corrected chi connectivity index (χ3v) is 2.72. The highest BCUT2D eigenvalue weighted by atomic mass is 16.1. The van der Waals surface area contributed by atoms with Crippen molar-refractivity contribution in [1.29, 1.82) is 0 Å². The molecule has 0 fully saturated rings. The third kappa shape index (κ3) is 2.03. The van der Waals surface area contributed by atoms with Gasteiger partial charge in [0.2, 0.25) is 0 Å². The van der Waals surface area contributed by atoms with Crippen LogP contribution in [-0.4, -0.2) is 6.29 Å². The minimum Gasteiger partial charge on any atom is -0.298 e. The first-order chi connectivity index (χ1) is 7.70. The van der Waals surface area contributed by atoms with Gasteiger partial charge in [0.25, 0.3) is 0 Å². The lowest BCUT2D eigenvalue weighted by Gasteiger charge is -2.07. The summed E-state index contributed by atoms with van der Waals surface area (Å²) < 4.78 is 0. The number of carbonyl (C=O) groups is 1. The van der Waals surface area contributed by atoms with Gasteiger partial charge in [-0.2, -0.15) is 0 Å². The summed E-state index contributed by atoms with van der Waals surface area (Å²) >= 11 is 0. The second-order valence-corrected chi connectivity index (χ2v) is 4.06. The molecule has 0 aliphatic rings. The molecule has 0 saturated carbocycles. The summed E-state index contributed by atoms with van der Waals surface area (Å²) in [4.78, 5) is 10.7. The van der Waals surface area contributed by atoms with Crippen LogP contribution in [0.4, 0.5) is 0 Å². The van der Waals surface area contributed by atoms with Gasteiger partial charge in [0.1, 0.15) is 6.29 Å². The molecule has 2 aromatic rings. The van der Waals surface area contributed by atoms with Crippen molar-refractivity contribution >= 4 is 6.29 Å². The maximum atomic E-state index is 10.7. The van der Waals surface area contributed by atoms with Crippen LogP contribution < -0.4 is 0 Å². The zero-order valence-electron chi connectivity index (χ0n) is 9.53. The smallest absolute Gasteiger partial charge is 0.150 e. The molecule has 0 amide bonds. The van der Waals surface area contributed by atoms with E-state index in [1.165, 1.54) is 16.7 Å². The summed E-state index contributed by atoms with van der Waals surface area (Å²) in [7, 11) is 0. The first kappa shape index (κ1) is 10.6. The van der Waals surface area contributed by atoms with Gasteiger partial charge in [-0.3, -0.25) is 4.79 Å². The molecule has 0 saturated heterocycles. The zero-order valence-corrected chi connectivity index (χ0v) is 9.53. The van der Waals surface area contributed by atoms with Crippen molar-refractivity contribution in [2.75, 3.05) is 0 Å². The van der Waals surface area contributed by atoms with E-state index in [0.29, 0.717) is 0 Å². The van der Waals surface area contributed by atoms with Crippen LogP contribution in [0.5, 0.6) is 0 Å². The quantitative estimate of drug-likeness (QED) is 0.689. The fraction of sp³-hybridized carbons (Fsp3) is 0.133. The van der Waals surface area contributed by atoms with Crippen molar-refractivity contribution in [2.45, 2.75) is 13.8 Å². The molecule has 0 spiro atoms. The van der Waals surface area contributed by atoms with Crippen LogP contribution >= 0.6 is 0 Å². The zero-order chi connectivity index (χ0) is 11.5.